The molecule has 0 fully saturated rings. The van der Waals surface area contributed by atoms with Gasteiger partial charge in [-0.15, -0.1) is 11.3 Å². The summed E-state index contributed by atoms with van der Waals surface area (Å²) in [6, 6.07) is 14.0. The van der Waals surface area contributed by atoms with E-state index in [1.807, 2.05) is 18.2 Å². The number of thiophene rings is 1. The zero-order valence-corrected chi connectivity index (χ0v) is 17.0. The highest BCUT2D eigenvalue weighted by Crippen LogP contribution is 2.39. The van der Waals surface area contributed by atoms with E-state index in [0.29, 0.717) is 32.9 Å². The molecule has 3 N–H and O–H groups in total. The number of nitrogen functional groups attached to an aromatic ring is 1. The van der Waals surface area contributed by atoms with Crippen LogP contribution < -0.4 is 15.8 Å². The lowest BCUT2D eigenvalue weighted by Crippen LogP contribution is -2.02. The fraction of sp³-hybridized carbons (Fsp3) is 0.0909. The van der Waals surface area contributed by atoms with Crippen LogP contribution in [0.15, 0.2) is 54.7 Å². The number of fused-ring (bicyclic) bond motifs is 1. The number of rotatable bonds is 5. The number of anilines is 3. The molecular weight excluding hydrogens is 405 g/mol. The summed E-state index contributed by atoms with van der Waals surface area (Å²) in [5.74, 6) is -0.310. The number of esters is 1. The van der Waals surface area contributed by atoms with Gasteiger partial charge in [-0.1, -0.05) is 18.2 Å². The Morgan fingerprint density at radius 2 is 1.90 bits per heavy atom. The molecule has 152 valence electrons. The van der Waals surface area contributed by atoms with Gasteiger partial charge in [0.25, 0.3) is 0 Å². The molecule has 6 nitrogen and oxygen atoms in total. The van der Waals surface area contributed by atoms with Gasteiger partial charge in [0.1, 0.15) is 15.5 Å². The topological polar surface area (TPSA) is 86.5 Å². The first kappa shape index (κ1) is 19.7. The van der Waals surface area contributed by atoms with Gasteiger partial charge in [-0.3, -0.25) is 0 Å². The van der Waals surface area contributed by atoms with E-state index in [9.17, 15) is 9.18 Å². The highest BCUT2D eigenvalue weighted by Gasteiger charge is 2.21. The van der Waals surface area contributed by atoms with Crippen molar-refractivity contribution in [3.63, 3.8) is 0 Å². The Bertz CT molecular complexity index is 1240. The van der Waals surface area contributed by atoms with E-state index in [2.05, 4.69) is 10.3 Å². The maximum absolute atomic E-state index is 14.9. The summed E-state index contributed by atoms with van der Waals surface area (Å²) in [5.41, 5.74) is 8.01. The first-order chi connectivity index (χ1) is 14.5. The van der Waals surface area contributed by atoms with Crippen LogP contribution in [0.5, 0.6) is 11.5 Å². The van der Waals surface area contributed by atoms with E-state index in [1.165, 1.54) is 7.11 Å². The second-order valence-corrected chi connectivity index (χ2v) is 7.46. The molecule has 0 saturated carbocycles. The van der Waals surface area contributed by atoms with Gasteiger partial charge in [-0.25, -0.2) is 14.2 Å². The number of carbonyl (C=O) groups excluding carboxylic acids is 1. The number of nitrogens with zero attached hydrogens (tertiary/aromatic N) is 1. The van der Waals surface area contributed by atoms with Gasteiger partial charge in [0.2, 0.25) is 0 Å². The lowest BCUT2D eigenvalue weighted by Gasteiger charge is -2.14. The molecule has 0 saturated heterocycles. The van der Waals surface area contributed by atoms with E-state index in [4.69, 9.17) is 15.2 Å². The number of hydrogen-bond acceptors (Lipinski definition) is 7. The molecule has 0 amide bonds. The molecule has 2 heterocycles. The van der Waals surface area contributed by atoms with Crippen molar-refractivity contribution in [2.24, 2.45) is 0 Å². The highest BCUT2D eigenvalue weighted by atomic mass is 32.1. The first-order valence-electron chi connectivity index (χ1n) is 9.04. The van der Waals surface area contributed by atoms with Gasteiger partial charge < -0.3 is 20.5 Å². The average Bonchev–Trinajstić information content (AvgIpc) is 3.11. The number of benzene rings is 2. The van der Waals surface area contributed by atoms with Crippen LogP contribution in [0, 0.1) is 12.7 Å². The summed E-state index contributed by atoms with van der Waals surface area (Å²) in [4.78, 5) is 17.1. The number of aromatic nitrogens is 1. The van der Waals surface area contributed by atoms with Gasteiger partial charge in [0.05, 0.1) is 23.9 Å². The maximum atomic E-state index is 14.9. The summed E-state index contributed by atoms with van der Waals surface area (Å²) in [6.07, 6.45) is 1.60. The minimum atomic E-state index is -0.522. The van der Waals surface area contributed by atoms with Crippen molar-refractivity contribution in [2.45, 2.75) is 6.92 Å². The molecule has 0 bridgehead atoms. The Labute approximate surface area is 176 Å². The van der Waals surface area contributed by atoms with Crippen molar-refractivity contribution >= 4 is 44.6 Å². The summed E-state index contributed by atoms with van der Waals surface area (Å²) in [7, 11) is 1.30. The van der Waals surface area contributed by atoms with Crippen LogP contribution >= 0.6 is 11.3 Å². The van der Waals surface area contributed by atoms with Crippen LogP contribution in [-0.2, 0) is 4.74 Å². The number of methoxy groups -OCH3 is 1. The van der Waals surface area contributed by atoms with Gasteiger partial charge in [0.15, 0.2) is 11.6 Å². The summed E-state index contributed by atoms with van der Waals surface area (Å²) >= 11 is 1.15. The van der Waals surface area contributed by atoms with Crippen LogP contribution in [0.4, 0.5) is 21.5 Å². The zero-order chi connectivity index (χ0) is 21.3. The number of nitrogens with one attached hydrogen (secondary N) is 1. The predicted octanol–water partition coefficient (Wildman–Crippen LogP) is 5.65. The van der Waals surface area contributed by atoms with E-state index in [-0.39, 0.29) is 16.3 Å². The highest BCUT2D eigenvalue weighted by molar-refractivity contribution is 7.21. The third kappa shape index (κ3) is 3.53. The van der Waals surface area contributed by atoms with Gasteiger partial charge in [-0.05, 0) is 37.3 Å². The Hall–Kier alpha value is -3.65. The Morgan fingerprint density at radius 3 is 2.63 bits per heavy atom. The number of pyridine rings is 1. The first-order valence-corrected chi connectivity index (χ1v) is 9.85. The van der Waals surface area contributed by atoms with E-state index >= 15 is 0 Å². The van der Waals surface area contributed by atoms with Crippen LogP contribution in [0.2, 0.25) is 0 Å². The van der Waals surface area contributed by atoms with Crippen molar-refractivity contribution in [3.8, 4) is 11.5 Å². The average molecular weight is 423 g/mol. The quantitative estimate of drug-likeness (QED) is 0.404. The molecule has 30 heavy (non-hydrogen) atoms. The molecule has 0 atom stereocenters. The van der Waals surface area contributed by atoms with Gasteiger partial charge in [-0.2, -0.15) is 0 Å². The molecule has 2 aromatic carbocycles. The number of para-hydroxylation sites is 1. The molecule has 0 aliphatic carbocycles. The zero-order valence-electron chi connectivity index (χ0n) is 16.2. The smallest absolute Gasteiger partial charge is 0.350 e. The van der Waals surface area contributed by atoms with Crippen molar-refractivity contribution < 1.29 is 18.7 Å². The van der Waals surface area contributed by atoms with Gasteiger partial charge >= 0.3 is 5.97 Å². The largest absolute Gasteiger partial charge is 0.465 e. The Balaban J connectivity index is 1.69. The molecule has 0 unspecified atom stereocenters. The molecule has 8 heteroatoms. The lowest BCUT2D eigenvalue weighted by atomic mass is 10.1. The third-order valence-electron chi connectivity index (χ3n) is 4.59. The Kier molecular flexibility index (Phi) is 5.24. The van der Waals surface area contributed by atoms with E-state index in [0.717, 1.165) is 11.3 Å². The van der Waals surface area contributed by atoms with Crippen LogP contribution in [0.25, 0.3) is 10.2 Å². The maximum Gasteiger partial charge on any atom is 0.350 e. The molecular formula is C22H18FN3O3S. The minimum absolute atomic E-state index is 0.132. The van der Waals surface area contributed by atoms with Crippen LogP contribution in [-0.4, -0.2) is 18.1 Å². The predicted molar refractivity (Wildman–Crippen MR) is 116 cm³/mol. The summed E-state index contributed by atoms with van der Waals surface area (Å²) in [6.45, 7) is 1.66. The standard InChI is InChI=1S/C22H18FN3O3S/c1-12-14(8-9-16(18(12)23)29-13-6-4-3-5-7-13)26-15-10-11-25-21-17(15)19(24)20(30-21)22(27)28-2/h3-11H,24H2,1-2H3,(H,25,26). The van der Waals surface area contributed by atoms with E-state index in [1.54, 1.807) is 43.5 Å². The normalized spacial score (nSPS) is 10.8. The molecule has 2 aromatic heterocycles. The SMILES string of the molecule is COC(=O)c1sc2nccc(Nc3ccc(Oc4ccccc4)c(F)c3C)c2c1N. The van der Waals surface area contributed by atoms with Crippen molar-refractivity contribution in [1.29, 1.82) is 0 Å². The van der Waals surface area contributed by atoms with Crippen LogP contribution in [0.1, 0.15) is 15.2 Å². The summed E-state index contributed by atoms with van der Waals surface area (Å²) < 4.78 is 25.4. The number of halogens is 1. The number of carbonyl (C=O) groups is 1. The number of ether oxygens (including phenoxy) is 2. The second kappa shape index (κ2) is 8.00. The second-order valence-electron chi connectivity index (χ2n) is 6.47. The molecule has 4 rings (SSSR count). The molecule has 4 aromatic rings. The summed E-state index contributed by atoms with van der Waals surface area (Å²) in [5, 5.41) is 3.79. The van der Waals surface area contributed by atoms with Crippen molar-refractivity contribution in [3.05, 3.63) is 71.0 Å². The van der Waals surface area contributed by atoms with E-state index < -0.39 is 11.8 Å². The fourth-order valence-electron chi connectivity index (χ4n) is 3.03. The molecule has 0 radical (unpaired) electrons. The third-order valence-corrected chi connectivity index (χ3v) is 5.68. The van der Waals surface area contributed by atoms with Crippen LogP contribution in [0.3, 0.4) is 0 Å². The lowest BCUT2D eigenvalue weighted by molar-refractivity contribution is 0.0607. The number of hydrogen-bond donors (Lipinski definition) is 2. The monoisotopic (exact) mass is 423 g/mol. The minimum Gasteiger partial charge on any atom is -0.465 e. The van der Waals surface area contributed by atoms with Crippen molar-refractivity contribution in [1.82, 2.24) is 4.98 Å². The number of nitrogens with two attached hydrogens (primary N) is 1. The Morgan fingerprint density at radius 1 is 1.13 bits per heavy atom. The van der Waals surface area contributed by atoms with Gasteiger partial charge in [0, 0.05) is 17.4 Å². The van der Waals surface area contributed by atoms with Crippen molar-refractivity contribution in [2.75, 3.05) is 18.2 Å². The molecule has 0 aliphatic rings. The molecule has 0 spiro atoms. The fourth-order valence-corrected chi connectivity index (χ4v) is 4.04. The molecule has 0 aliphatic heterocycles.